The lowest BCUT2D eigenvalue weighted by molar-refractivity contribution is -0.135. The first-order chi connectivity index (χ1) is 10.9. The number of hydrogen-bond donors (Lipinski definition) is 1. The first-order valence-corrected chi connectivity index (χ1v) is 9.01. The predicted octanol–water partition coefficient (Wildman–Crippen LogP) is 2.67. The quantitative estimate of drug-likeness (QED) is 0.831. The molecule has 23 heavy (non-hydrogen) atoms. The maximum atomic E-state index is 12.6. The molecule has 5 nitrogen and oxygen atoms in total. The van der Waals surface area contributed by atoms with Crippen LogP contribution in [0.5, 0.6) is 0 Å². The molecule has 0 aliphatic carbocycles. The molecule has 1 N–H and O–H groups in total. The molecule has 0 bridgehead atoms. The largest absolute Gasteiger partial charge is 0.378 e. The number of carbonyl (C=O) groups excluding carboxylic acids is 2. The monoisotopic (exact) mass is 338 g/mol. The number of hydrogen-bond acceptors (Lipinski definition) is 4. The van der Waals surface area contributed by atoms with Crippen molar-refractivity contribution in [1.29, 1.82) is 0 Å². The number of likely N-dealkylation sites (N-methyl/N-ethyl adjacent to an activating group) is 1. The number of carbonyl (C=O) groups is 2. The van der Waals surface area contributed by atoms with Crippen molar-refractivity contribution in [3.05, 3.63) is 22.4 Å². The molecule has 1 fully saturated rings. The third kappa shape index (κ3) is 5.04. The van der Waals surface area contributed by atoms with Gasteiger partial charge in [-0.2, -0.15) is 0 Å². The van der Waals surface area contributed by atoms with Gasteiger partial charge in [0, 0.05) is 20.2 Å². The molecule has 0 aromatic carbocycles. The zero-order valence-corrected chi connectivity index (χ0v) is 14.9. The minimum absolute atomic E-state index is 0.0743. The van der Waals surface area contributed by atoms with Crippen molar-refractivity contribution in [2.75, 3.05) is 20.2 Å². The van der Waals surface area contributed by atoms with Crippen LogP contribution in [0, 0.1) is 0 Å². The van der Waals surface area contributed by atoms with Crippen LogP contribution in [-0.2, 0) is 9.53 Å². The van der Waals surface area contributed by atoms with Crippen molar-refractivity contribution < 1.29 is 14.3 Å². The number of ether oxygens (including phenoxy) is 1. The van der Waals surface area contributed by atoms with Gasteiger partial charge < -0.3 is 15.0 Å². The van der Waals surface area contributed by atoms with Gasteiger partial charge >= 0.3 is 0 Å². The Morgan fingerprint density at radius 3 is 2.87 bits per heavy atom. The van der Waals surface area contributed by atoms with Crippen molar-refractivity contribution in [3.8, 4) is 0 Å². The Balaban J connectivity index is 1.80. The molecule has 1 aliphatic rings. The van der Waals surface area contributed by atoms with E-state index in [9.17, 15) is 9.59 Å². The Kier molecular flexibility index (Phi) is 6.18. The van der Waals surface area contributed by atoms with E-state index < -0.39 is 5.54 Å². The fourth-order valence-corrected chi connectivity index (χ4v) is 3.43. The molecule has 0 saturated carbocycles. The molecule has 1 unspecified atom stereocenters. The lowest BCUT2D eigenvalue weighted by Gasteiger charge is -2.30. The van der Waals surface area contributed by atoms with Crippen molar-refractivity contribution in [1.82, 2.24) is 10.2 Å². The molecule has 2 amide bonds. The van der Waals surface area contributed by atoms with Crippen molar-refractivity contribution in [2.24, 2.45) is 0 Å². The van der Waals surface area contributed by atoms with E-state index in [0.29, 0.717) is 17.5 Å². The molecule has 0 radical (unpaired) electrons. The van der Waals surface area contributed by atoms with E-state index in [1.54, 1.807) is 31.9 Å². The normalized spacial score (nSPS) is 18.0. The Bertz CT molecular complexity index is 522. The third-order valence-electron chi connectivity index (χ3n) is 4.10. The van der Waals surface area contributed by atoms with Crippen LogP contribution in [-0.4, -0.2) is 48.6 Å². The van der Waals surface area contributed by atoms with Gasteiger partial charge in [-0.15, -0.1) is 11.3 Å². The third-order valence-corrected chi connectivity index (χ3v) is 4.96. The second-order valence-corrected chi connectivity index (χ2v) is 7.51. The maximum Gasteiger partial charge on any atom is 0.262 e. The Morgan fingerprint density at radius 2 is 2.26 bits per heavy atom. The fraction of sp³-hybridized carbons (Fsp3) is 0.647. The van der Waals surface area contributed by atoms with Crippen LogP contribution in [0.3, 0.4) is 0 Å². The average molecular weight is 338 g/mol. The standard InChI is InChI=1S/C17H26N2O3S/c1-17(2,18-15(20)14-9-6-12-23-14)16(21)19(3)10-4-7-13-8-5-11-22-13/h6,9,12-13H,4-5,7-8,10-11H2,1-3H3,(H,18,20). The van der Waals surface area contributed by atoms with Crippen LogP contribution in [0.25, 0.3) is 0 Å². The van der Waals surface area contributed by atoms with Gasteiger partial charge in [0.1, 0.15) is 5.54 Å². The van der Waals surface area contributed by atoms with Crippen molar-refractivity contribution in [2.45, 2.75) is 51.2 Å². The highest BCUT2D eigenvalue weighted by Gasteiger charge is 2.32. The molecule has 128 valence electrons. The predicted molar refractivity (Wildman–Crippen MR) is 91.7 cm³/mol. The van der Waals surface area contributed by atoms with Crippen molar-refractivity contribution in [3.63, 3.8) is 0 Å². The van der Waals surface area contributed by atoms with Crippen LogP contribution in [0.4, 0.5) is 0 Å². The molecule has 6 heteroatoms. The van der Waals surface area contributed by atoms with Gasteiger partial charge in [0.15, 0.2) is 0 Å². The minimum atomic E-state index is -0.917. The molecule has 0 spiro atoms. The molecule has 1 aliphatic heterocycles. The lowest BCUT2D eigenvalue weighted by Crippen LogP contribution is -2.55. The summed E-state index contributed by atoms with van der Waals surface area (Å²) in [6, 6.07) is 3.58. The van der Waals surface area contributed by atoms with Gasteiger partial charge in [-0.1, -0.05) is 6.07 Å². The summed E-state index contributed by atoms with van der Waals surface area (Å²) >= 11 is 1.37. The van der Waals surface area contributed by atoms with E-state index in [2.05, 4.69) is 5.32 Å². The number of nitrogens with zero attached hydrogens (tertiary/aromatic N) is 1. The highest BCUT2D eigenvalue weighted by Crippen LogP contribution is 2.18. The zero-order valence-electron chi connectivity index (χ0n) is 14.1. The Morgan fingerprint density at radius 1 is 1.48 bits per heavy atom. The summed E-state index contributed by atoms with van der Waals surface area (Å²) < 4.78 is 5.60. The number of thiophene rings is 1. The molecule has 1 aromatic rings. The summed E-state index contributed by atoms with van der Waals surface area (Å²) in [6.07, 6.45) is 4.52. The Hall–Kier alpha value is -1.40. The lowest BCUT2D eigenvalue weighted by atomic mass is 10.0. The van der Waals surface area contributed by atoms with E-state index in [1.165, 1.54) is 11.3 Å². The molecular weight excluding hydrogens is 312 g/mol. The van der Waals surface area contributed by atoms with Crippen LogP contribution in [0.15, 0.2) is 17.5 Å². The maximum absolute atomic E-state index is 12.6. The van der Waals surface area contributed by atoms with E-state index in [1.807, 2.05) is 11.4 Å². The SMILES string of the molecule is CN(CCCC1CCCO1)C(=O)C(C)(C)NC(=O)c1cccs1. The summed E-state index contributed by atoms with van der Waals surface area (Å²) in [6.45, 7) is 5.03. The highest BCUT2D eigenvalue weighted by molar-refractivity contribution is 7.12. The number of rotatable bonds is 7. The van der Waals surface area contributed by atoms with Gasteiger partial charge in [0.05, 0.1) is 11.0 Å². The fourth-order valence-electron chi connectivity index (χ4n) is 2.81. The first-order valence-electron chi connectivity index (χ1n) is 8.13. The molecule has 1 atom stereocenters. The smallest absolute Gasteiger partial charge is 0.262 e. The summed E-state index contributed by atoms with van der Waals surface area (Å²) in [5, 5.41) is 4.67. The number of amides is 2. The van der Waals surface area contributed by atoms with Crippen LogP contribution >= 0.6 is 11.3 Å². The van der Waals surface area contributed by atoms with Gasteiger partial charge in [-0.25, -0.2) is 0 Å². The van der Waals surface area contributed by atoms with Crippen LogP contribution in [0.2, 0.25) is 0 Å². The van der Waals surface area contributed by atoms with Gasteiger partial charge in [0.25, 0.3) is 5.91 Å². The second kappa shape index (κ2) is 7.93. The summed E-state index contributed by atoms with van der Waals surface area (Å²) in [4.78, 5) is 27.0. The molecule has 1 aromatic heterocycles. The molecule has 1 saturated heterocycles. The molecule has 2 rings (SSSR count). The van der Waals surface area contributed by atoms with E-state index in [4.69, 9.17) is 4.74 Å². The summed E-state index contributed by atoms with van der Waals surface area (Å²) in [5.74, 6) is -0.277. The zero-order chi connectivity index (χ0) is 16.9. The minimum Gasteiger partial charge on any atom is -0.378 e. The van der Waals surface area contributed by atoms with Gasteiger partial charge in [-0.05, 0) is 51.0 Å². The summed E-state index contributed by atoms with van der Waals surface area (Å²) in [5.41, 5.74) is -0.917. The van der Waals surface area contributed by atoms with Crippen LogP contribution in [0.1, 0.15) is 49.2 Å². The highest BCUT2D eigenvalue weighted by atomic mass is 32.1. The molecule has 2 heterocycles. The number of nitrogens with one attached hydrogen (secondary N) is 1. The van der Waals surface area contributed by atoms with E-state index >= 15 is 0 Å². The molecular formula is C17H26N2O3S. The average Bonchev–Trinajstić information content (AvgIpc) is 3.19. The van der Waals surface area contributed by atoms with E-state index in [0.717, 1.165) is 32.3 Å². The van der Waals surface area contributed by atoms with Gasteiger partial charge in [-0.3, -0.25) is 9.59 Å². The van der Waals surface area contributed by atoms with Crippen molar-refractivity contribution >= 4 is 23.2 Å². The first kappa shape index (κ1) is 17.9. The Labute approximate surface area is 142 Å². The van der Waals surface area contributed by atoms with Gasteiger partial charge in [0.2, 0.25) is 5.91 Å². The topological polar surface area (TPSA) is 58.6 Å². The van der Waals surface area contributed by atoms with E-state index in [-0.39, 0.29) is 11.8 Å². The van der Waals surface area contributed by atoms with Crippen LogP contribution < -0.4 is 5.32 Å². The summed E-state index contributed by atoms with van der Waals surface area (Å²) in [7, 11) is 1.79. The second-order valence-electron chi connectivity index (χ2n) is 6.56.